The van der Waals surface area contributed by atoms with Crippen molar-refractivity contribution in [3.05, 3.63) is 157 Å². The number of allylic oxidation sites excluding steroid dienone is 1. The van der Waals surface area contributed by atoms with Crippen LogP contribution >= 0.6 is 0 Å². The summed E-state index contributed by atoms with van der Waals surface area (Å²) in [6.45, 7) is 8.57. The Morgan fingerprint density at radius 1 is 0.740 bits per heavy atom. The van der Waals surface area contributed by atoms with Crippen LogP contribution in [-0.2, 0) is 6.42 Å². The zero-order chi connectivity index (χ0) is 33.1. The number of aliphatic imine (C=N–C) groups is 1. The van der Waals surface area contributed by atoms with Gasteiger partial charge in [0.05, 0.1) is 28.3 Å². The molecule has 0 saturated carbocycles. The standard InChI is InChI=1S/C46H34N3O/c1-3-28-25-40-31(29-12-5-6-13-30(29)38-17-9-10-23-48(38)40)20-19-27-24-41-36(26-35(27)37(4-2)47-28)32-15-11-16-34-44-39(49(41)46(32)34)21-22-43-45(44)33-14-7-8-18-42(33)50-43/h3-18,21-24,26,28,31,40H,1-2,19-20,25H2/q+1. The summed E-state index contributed by atoms with van der Waals surface area (Å²) in [5.41, 5.74) is 13.0. The molecule has 6 heterocycles. The molecule has 11 rings (SSSR count). The van der Waals surface area contributed by atoms with Gasteiger partial charge >= 0.3 is 0 Å². The summed E-state index contributed by atoms with van der Waals surface area (Å²) >= 11 is 0. The second-order valence-electron chi connectivity index (χ2n) is 14.0. The zero-order valence-corrected chi connectivity index (χ0v) is 27.6. The third kappa shape index (κ3) is 3.65. The maximum Gasteiger partial charge on any atom is 0.213 e. The highest BCUT2D eigenvalue weighted by molar-refractivity contribution is 6.32. The number of aryl methyl sites for hydroxylation is 1. The molecular formula is C46H34N3O+. The maximum atomic E-state index is 6.35. The number of hydrogen-bond donors (Lipinski definition) is 0. The number of pyridine rings is 1. The summed E-state index contributed by atoms with van der Waals surface area (Å²) in [6, 6.07) is 40.2. The number of rotatable bonds is 2. The lowest BCUT2D eigenvalue weighted by atomic mass is 9.77. The van der Waals surface area contributed by atoms with Crippen LogP contribution in [0, 0.1) is 0 Å². The minimum Gasteiger partial charge on any atom is -0.456 e. The summed E-state index contributed by atoms with van der Waals surface area (Å²) in [5, 5.41) is 7.37. The molecule has 3 atom stereocenters. The molecule has 2 aliphatic heterocycles. The van der Waals surface area contributed by atoms with Gasteiger partial charge in [-0.1, -0.05) is 67.3 Å². The fourth-order valence-electron chi connectivity index (χ4n) is 9.54. The monoisotopic (exact) mass is 644 g/mol. The fourth-order valence-corrected chi connectivity index (χ4v) is 9.54. The van der Waals surface area contributed by atoms with E-state index in [-0.39, 0.29) is 12.1 Å². The molecule has 0 N–H and O–H groups in total. The van der Waals surface area contributed by atoms with E-state index in [2.05, 4.69) is 131 Å². The van der Waals surface area contributed by atoms with E-state index in [1.165, 1.54) is 71.4 Å². The van der Waals surface area contributed by atoms with Crippen LogP contribution in [0.3, 0.4) is 0 Å². The second-order valence-corrected chi connectivity index (χ2v) is 14.0. The molecule has 5 aromatic carbocycles. The van der Waals surface area contributed by atoms with E-state index >= 15 is 0 Å². The van der Waals surface area contributed by atoms with Gasteiger partial charge in [-0.25, -0.2) is 0 Å². The summed E-state index contributed by atoms with van der Waals surface area (Å²) < 4.78 is 11.3. The van der Waals surface area contributed by atoms with Gasteiger partial charge in [0.25, 0.3) is 0 Å². The fraction of sp³-hybridized carbons (Fsp3) is 0.130. The number of furan rings is 1. The van der Waals surface area contributed by atoms with Gasteiger partial charge in [-0.3, -0.25) is 4.99 Å². The van der Waals surface area contributed by atoms with E-state index in [1.807, 2.05) is 18.2 Å². The first-order chi connectivity index (χ1) is 24.7. The first-order valence-electron chi connectivity index (χ1n) is 17.7. The average molecular weight is 645 g/mol. The molecule has 4 aromatic heterocycles. The van der Waals surface area contributed by atoms with Gasteiger partial charge in [0.15, 0.2) is 12.2 Å². The number of aromatic nitrogens is 2. The first-order valence-corrected chi connectivity index (χ1v) is 17.7. The number of nitrogens with zero attached hydrogens (tertiary/aromatic N) is 3. The van der Waals surface area contributed by atoms with Crippen molar-refractivity contribution in [1.29, 1.82) is 0 Å². The van der Waals surface area contributed by atoms with Crippen molar-refractivity contribution in [2.75, 3.05) is 0 Å². The Morgan fingerprint density at radius 3 is 2.50 bits per heavy atom. The van der Waals surface area contributed by atoms with E-state index in [9.17, 15) is 0 Å². The number of hydrogen-bond acceptors (Lipinski definition) is 2. The molecule has 2 aliphatic rings. The summed E-state index contributed by atoms with van der Waals surface area (Å²) in [4.78, 5) is 5.40. The van der Waals surface area contributed by atoms with Crippen molar-refractivity contribution in [2.45, 2.75) is 37.3 Å². The van der Waals surface area contributed by atoms with Gasteiger partial charge < -0.3 is 8.82 Å². The SMILES string of the molecule is C=CC1=NC(C=C)CC2C(CCc3cc4c(cc31)c1cccc3c5c6c(ccc5n4c13)oc1ccccc16)c1ccccc1-c1cccc[n+]12. The zero-order valence-electron chi connectivity index (χ0n) is 27.6. The lowest BCUT2D eigenvalue weighted by Gasteiger charge is -2.32. The van der Waals surface area contributed by atoms with Crippen LogP contribution in [0.1, 0.15) is 41.5 Å². The quantitative estimate of drug-likeness (QED) is 0.136. The normalized spacial score (nSPS) is 19.0. The van der Waals surface area contributed by atoms with Crippen LogP contribution in [0.4, 0.5) is 0 Å². The summed E-state index contributed by atoms with van der Waals surface area (Å²) in [6.07, 6.45) is 9.08. The van der Waals surface area contributed by atoms with Gasteiger partial charge in [-0.2, -0.15) is 4.57 Å². The molecule has 3 unspecified atom stereocenters. The summed E-state index contributed by atoms with van der Waals surface area (Å²) in [5.74, 6) is 0.342. The third-order valence-electron chi connectivity index (χ3n) is 11.6. The highest BCUT2D eigenvalue weighted by Crippen LogP contribution is 2.46. The largest absolute Gasteiger partial charge is 0.456 e. The molecule has 0 spiro atoms. The van der Waals surface area contributed by atoms with Crippen LogP contribution in [-0.4, -0.2) is 16.2 Å². The Bertz CT molecular complexity index is 2920. The highest BCUT2D eigenvalue weighted by Gasteiger charge is 2.41. The number of fused-ring (bicyclic) bond motifs is 17. The van der Waals surface area contributed by atoms with E-state index in [0.717, 1.165) is 41.5 Å². The molecular weight excluding hydrogens is 611 g/mol. The minimum absolute atomic E-state index is 0.0473. The topological polar surface area (TPSA) is 33.8 Å². The van der Waals surface area contributed by atoms with Gasteiger partial charge in [0, 0.05) is 67.9 Å². The van der Waals surface area contributed by atoms with Gasteiger partial charge in [0.2, 0.25) is 5.69 Å². The van der Waals surface area contributed by atoms with E-state index in [4.69, 9.17) is 9.41 Å². The van der Waals surface area contributed by atoms with E-state index in [1.54, 1.807) is 0 Å². The lowest BCUT2D eigenvalue weighted by Crippen LogP contribution is -2.48. The Hall–Kier alpha value is -6.00. The Balaban J connectivity index is 1.18. The predicted molar refractivity (Wildman–Crippen MR) is 206 cm³/mol. The average Bonchev–Trinajstić information content (AvgIpc) is 3.82. The van der Waals surface area contributed by atoms with Crippen LogP contribution in [0.15, 0.2) is 150 Å². The van der Waals surface area contributed by atoms with Gasteiger partial charge in [0.1, 0.15) is 11.2 Å². The summed E-state index contributed by atoms with van der Waals surface area (Å²) in [7, 11) is 0. The molecule has 4 nitrogen and oxygen atoms in total. The molecule has 0 radical (unpaired) electrons. The van der Waals surface area contributed by atoms with Crippen molar-refractivity contribution >= 4 is 65.7 Å². The molecule has 0 fully saturated rings. The van der Waals surface area contributed by atoms with E-state index in [0.29, 0.717) is 5.92 Å². The van der Waals surface area contributed by atoms with Crippen LogP contribution in [0.25, 0.3) is 71.3 Å². The maximum absolute atomic E-state index is 6.35. The molecule has 4 heteroatoms. The van der Waals surface area contributed by atoms with Crippen molar-refractivity contribution in [1.82, 2.24) is 4.40 Å². The molecule has 0 aliphatic carbocycles. The van der Waals surface area contributed by atoms with Crippen molar-refractivity contribution < 1.29 is 8.98 Å². The van der Waals surface area contributed by atoms with Crippen molar-refractivity contribution in [3.63, 3.8) is 0 Å². The number of benzene rings is 5. The molecule has 50 heavy (non-hydrogen) atoms. The van der Waals surface area contributed by atoms with Gasteiger partial charge in [-0.15, -0.1) is 6.58 Å². The Kier molecular flexibility index (Phi) is 5.72. The Morgan fingerprint density at radius 2 is 1.58 bits per heavy atom. The smallest absolute Gasteiger partial charge is 0.213 e. The first kappa shape index (κ1) is 27.9. The number of para-hydroxylation sites is 2. The molecule has 0 saturated heterocycles. The molecule has 0 amide bonds. The van der Waals surface area contributed by atoms with Gasteiger partial charge in [-0.05, 0) is 72.5 Å². The minimum atomic E-state index is -0.0473. The third-order valence-corrected chi connectivity index (χ3v) is 11.6. The van der Waals surface area contributed by atoms with Crippen LogP contribution in [0.5, 0.6) is 0 Å². The Labute approximate surface area is 289 Å². The van der Waals surface area contributed by atoms with Crippen LogP contribution < -0.4 is 4.57 Å². The second kappa shape index (κ2) is 10.3. The van der Waals surface area contributed by atoms with Crippen molar-refractivity contribution in [3.8, 4) is 11.3 Å². The molecule has 0 bridgehead atoms. The highest BCUT2D eigenvalue weighted by atomic mass is 16.3. The van der Waals surface area contributed by atoms with Crippen molar-refractivity contribution in [2.24, 2.45) is 4.99 Å². The van der Waals surface area contributed by atoms with Crippen LogP contribution in [0.2, 0.25) is 0 Å². The van der Waals surface area contributed by atoms with E-state index < -0.39 is 0 Å². The molecule has 9 aromatic rings. The molecule has 238 valence electrons. The lowest BCUT2D eigenvalue weighted by molar-refractivity contribution is -0.719. The predicted octanol–water partition coefficient (Wildman–Crippen LogP) is 10.9.